The van der Waals surface area contributed by atoms with Gasteiger partial charge in [-0.2, -0.15) is 0 Å². The van der Waals surface area contributed by atoms with E-state index in [-0.39, 0.29) is 0 Å². The molecule has 1 atom stereocenters. The van der Waals surface area contributed by atoms with Crippen molar-refractivity contribution in [1.29, 1.82) is 0 Å². The number of para-hydroxylation sites is 1. The molecule has 0 saturated carbocycles. The fourth-order valence-electron chi connectivity index (χ4n) is 2.05. The molecule has 0 radical (unpaired) electrons. The van der Waals surface area contributed by atoms with Gasteiger partial charge < -0.3 is 9.84 Å². The van der Waals surface area contributed by atoms with E-state index in [9.17, 15) is 9.90 Å². The van der Waals surface area contributed by atoms with Crippen molar-refractivity contribution in [3.63, 3.8) is 0 Å². The van der Waals surface area contributed by atoms with E-state index in [2.05, 4.69) is 0 Å². The van der Waals surface area contributed by atoms with Crippen LogP contribution in [0.1, 0.15) is 12.0 Å². The Morgan fingerprint density at radius 3 is 2.20 bits per heavy atom. The summed E-state index contributed by atoms with van der Waals surface area (Å²) in [7, 11) is 0. The van der Waals surface area contributed by atoms with Crippen molar-refractivity contribution in [2.45, 2.75) is 12.8 Å². The number of hydrogen-bond acceptors (Lipinski definition) is 2. The third-order valence-corrected chi connectivity index (χ3v) is 3.15. The van der Waals surface area contributed by atoms with Gasteiger partial charge in [0.05, 0.1) is 12.5 Å². The Balaban J connectivity index is 1.85. The molecule has 0 aromatic heterocycles. The molecule has 0 amide bonds. The Kier molecular flexibility index (Phi) is 5.18. The fourth-order valence-corrected chi connectivity index (χ4v) is 2.05. The van der Waals surface area contributed by atoms with Gasteiger partial charge in [0.1, 0.15) is 5.75 Å². The first-order chi connectivity index (χ1) is 9.75. The second-order valence-electron chi connectivity index (χ2n) is 4.68. The number of carbonyl (C=O) groups is 1. The highest BCUT2D eigenvalue weighted by Crippen LogP contribution is 2.15. The summed E-state index contributed by atoms with van der Waals surface area (Å²) >= 11 is 0. The Labute approximate surface area is 118 Å². The van der Waals surface area contributed by atoms with Crippen molar-refractivity contribution >= 4 is 5.97 Å². The summed E-state index contributed by atoms with van der Waals surface area (Å²) in [6, 6.07) is 19.1. The minimum atomic E-state index is -0.773. The number of ether oxygens (including phenoxy) is 1. The van der Waals surface area contributed by atoms with Crippen LogP contribution in [0.15, 0.2) is 60.7 Å². The molecule has 2 aromatic carbocycles. The summed E-state index contributed by atoms with van der Waals surface area (Å²) in [6.45, 7) is 0.411. The van der Waals surface area contributed by atoms with Gasteiger partial charge in [-0.1, -0.05) is 48.5 Å². The van der Waals surface area contributed by atoms with Crippen LogP contribution < -0.4 is 4.74 Å². The molecule has 1 N–H and O–H groups in total. The molecule has 20 heavy (non-hydrogen) atoms. The molecule has 0 heterocycles. The van der Waals surface area contributed by atoms with Gasteiger partial charge in [-0.05, 0) is 30.5 Å². The Morgan fingerprint density at radius 2 is 1.60 bits per heavy atom. The number of rotatable bonds is 7. The lowest BCUT2D eigenvalue weighted by molar-refractivity contribution is -0.142. The van der Waals surface area contributed by atoms with Crippen LogP contribution in [0.2, 0.25) is 0 Å². The van der Waals surface area contributed by atoms with E-state index < -0.39 is 11.9 Å². The fraction of sp³-hybridized carbons (Fsp3) is 0.235. The van der Waals surface area contributed by atoms with Gasteiger partial charge in [0.2, 0.25) is 0 Å². The molecular weight excluding hydrogens is 252 g/mol. The van der Waals surface area contributed by atoms with Crippen LogP contribution in [0.4, 0.5) is 0 Å². The van der Waals surface area contributed by atoms with Crippen LogP contribution in [-0.2, 0) is 11.2 Å². The van der Waals surface area contributed by atoms with Gasteiger partial charge >= 0.3 is 5.97 Å². The van der Waals surface area contributed by atoms with Crippen LogP contribution in [0.25, 0.3) is 0 Å². The van der Waals surface area contributed by atoms with Gasteiger partial charge in [-0.3, -0.25) is 4.79 Å². The minimum Gasteiger partial charge on any atom is -0.494 e. The number of aliphatic carboxylic acids is 1. The normalized spacial score (nSPS) is 11.8. The highest BCUT2D eigenvalue weighted by atomic mass is 16.5. The summed E-state index contributed by atoms with van der Waals surface area (Å²) in [4.78, 5) is 11.3. The largest absolute Gasteiger partial charge is 0.494 e. The second-order valence-corrected chi connectivity index (χ2v) is 4.68. The molecule has 2 rings (SSSR count). The predicted molar refractivity (Wildman–Crippen MR) is 77.8 cm³/mol. The molecule has 0 fully saturated rings. The standard InChI is InChI=1S/C17H18O3/c18-17(19)15(13-14-7-3-1-4-8-14)11-12-20-16-9-5-2-6-10-16/h1-10,15H,11-13H2,(H,18,19). The van der Waals surface area contributed by atoms with E-state index in [1.807, 2.05) is 60.7 Å². The molecule has 0 spiro atoms. The van der Waals surface area contributed by atoms with Gasteiger partial charge in [-0.15, -0.1) is 0 Å². The quantitative estimate of drug-likeness (QED) is 0.838. The predicted octanol–water partition coefficient (Wildman–Crippen LogP) is 3.40. The first kappa shape index (κ1) is 14.1. The topological polar surface area (TPSA) is 46.5 Å². The number of benzene rings is 2. The molecule has 0 saturated heterocycles. The highest BCUT2D eigenvalue weighted by Gasteiger charge is 2.17. The smallest absolute Gasteiger partial charge is 0.306 e. The van der Waals surface area contributed by atoms with Gasteiger partial charge in [0.25, 0.3) is 0 Å². The van der Waals surface area contributed by atoms with Crippen LogP contribution in [0.3, 0.4) is 0 Å². The minimum absolute atomic E-state index is 0.411. The van der Waals surface area contributed by atoms with E-state index in [1.54, 1.807) is 0 Å². The molecule has 0 aliphatic heterocycles. The van der Waals surface area contributed by atoms with E-state index in [1.165, 1.54) is 0 Å². The molecule has 1 unspecified atom stereocenters. The maximum Gasteiger partial charge on any atom is 0.306 e. The zero-order valence-corrected chi connectivity index (χ0v) is 11.2. The Morgan fingerprint density at radius 1 is 1.00 bits per heavy atom. The molecule has 2 aromatic rings. The van der Waals surface area contributed by atoms with Crippen molar-refractivity contribution in [1.82, 2.24) is 0 Å². The molecular formula is C17H18O3. The lowest BCUT2D eigenvalue weighted by Gasteiger charge is -2.13. The van der Waals surface area contributed by atoms with E-state index in [0.29, 0.717) is 19.4 Å². The number of carboxylic acids is 1. The maximum absolute atomic E-state index is 11.3. The van der Waals surface area contributed by atoms with Crippen molar-refractivity contribution < 1.29 is 14.6 Å². The van der Waals surface area contributed by atoms with E-state index in [4.69, 9.17) is 4.74 Å². The van der Waals surface area contributed by atoms with Crippen molar-refractivity contribution in [2.24, 2.45) is 5.92 Å². The van der Waals surface area contributed by atoms with Crippen LogP contribution in [0.5, 0.6) is 5.75 Å². The highest BCUT2D eigenvalue weighted by molar-refractivity contribution is 5.70. The third kappa shape index (κ3) is 4.43. The average molecular weight is 270 g/mol. The van der Waals surface area contributed by atoms with Crippen molar-refractivity contribution in [3.8, 4) is 5.75 Å². The molecule has 0 aliphatic rings. The SMILES string of the molecule is O=C(O)C(CCOc1ccccc1)Cc1ccccc1. The zero-order chi connectivity index (χ0) is 14.2. The average Bonchev–Trinajstić information content (AvgIpc) is 2.48. The molecule has 0 bridgehead atoms. The Hall–Kier alpha value is -2.29. The summed E-state index contributed by atoms with van der Waals surface area (Å²) in [5.41, 5.74) is 1.04. The monoisotopic (exact) mass is 270 g/mol. The summed E-state index contributed by atoms with van der Waals surface area (Å²) in [5, 5.41) is 9.28. The third-order valence-electron chi connectivity index (χ3n) is 3.15. The van der Waals surface area contributed by atoms with Crippen LogP contribution in [-0.4, -0.2) is 17.7 Å². The summed E-state index contributed by atoms with van der Waals surface area (Å²) < 4.78 is 5.56. The summed E-state index contributed by atoms with van der Waals surface area (Å²) in [5.74, 6) is -0.414. The lowest BCUT2D eigenvalue weighted by atomic mass is 9.97. The van der Waals surface area contributed by atoms with Crippen LogP contribution in [0, 0.1) is 5.92 Å². The van der Waals surface area contributed by atoms with Crippen LogP contribution >= 0.6 is 0 Å². The zero-order valence-electron chi connectivity index (χ0n) is 11.2. The molecule has 104 valence electrons. The lowest BCUT2D eigenvalue weighted by Crippen LogP contribution is -2.19. The molecule has 0 aliphatic carbocycles. The van der Waals surface area contributed by atoms with Gasteiger partial charge in [0, 0.05) is 0 Å². The summed E-state index contributed by atoms with van der Waals surface area (Å²) in [6.07, 6.45) is 1.04. The maximum atomic E-state index is 11.3. The molecule has 3 heteroatoms. The first-order valence-corrected chi connectivity index (χ1v) is 6.70. The van der Waals surface area contributed by atoms with Gasteiger partial charge in [0.15, 0.2) is 0 Å². The number of carboxylic acid groups (broad SMARTS) is 1. The Bertz CT molecular complexity index is 522. The van der Waals surface area contributed by atoms with Crippen molar-refractivity contribution in [2.75, 3.05) is 6.61 Å². The van der Waals surface area contributed by atoms with E-state index >= 15 is 0 Å². The van der Waals surface area contributed by atoms with E-state index in [0.717, 1.165) is 11.3 Å². The second kappa shape index (κ2) is 7.34. The van der Waals surface area contributed by atoms with Crippen molar-refractivity contribution in [3.05, 3.63) is 66.2 Å². The van der Waals surface area contributed by atoms with Gasteiger partial charge in [-0.25, -0.2) is 0 Å². The molecule has 3 nitrogen and oxygen atoms in total. The first-order valence-electron chi connectivity index (χ1n) is 6.70. The number of hydrogen-bond donors (Lipinski definition) is 1.